The van der Waals surface area contributed by atoms with Gasteiger partial charge in [-0.1, -0.05) is 24.3 Å². The zero-order chi connectivity index (χ0) is 14.8. The highest BCUT2D eigenvalue weighted by Crippen LogP contribution is 2.26. The van der Waals surface area contributed by atoms with E-state index in [-0.39, 0.29) is 5.56 Å². The molecule has 5 heteroatoms. The Morgan fingerprint density at radius 2 is 1.95 bits per heavy atom. The van der Waals surface area contributed by atoms with Gasteiger partial charge in [0.15, 0.2) is 0 Å². The first-order valence-corrected chi connectivity index (χ1v) is 7.08. The Morgan fingerprint density at radius 3 is 2.76 bits per heavy atom. The van der Waals surface area contributed by atoms with Crippen LogP contribution in [0.4, 0.5) is 11.5 Å². The van der Waals surface area contributed by atoms with Gasteiger partial charge in [0.1, 0.15) is 5.82 Å². The third-order valence-electron chi connectivity index (χ3n) is 3.13. The predicted octanol–water partition coefficient (Wildman–Crippen LogP) is 4.44. The molecule has 0 unspecified atom stereocenters. The second kappa shape index (κ2) is 5.54. The monoisotopic (exact) mass is 342 g/mol. The number of aromatic carboxylic acids is 1. The summed E-state index contributed by atoms with van der Waals surface area (Å²) in [6, 6.07) is 14.9. The fourth-order valence-electron chi connectivity index (χ4n) is 2.12. The molecule has 0 aliphatic heterocycles. The van der Waals surface area contributed by atoms with Crippen LogP contribution in [-0.4, -0.2) is 16.1 Å². The van der Waals surface area contributed by atoms with Crippen LogP contribution in [-0.2, 0) is 0 Å². The summed E-state index contributed by atoms with van der Waals surface area (Å²) in [7, 11) is 0. The van der Waals surface area contributed by atoms with E-state index in [4.69, 9.17) is 5.11 Å². The number of carboxylic acids is 1. The molecule has 2 N–H and O–H groups in total. The Morgan fingerprint density at radius 1 is 1.14 bits per heavy atom. The third kappa shape index (κ3) is 2.73. The van der Waals surface area contributed by atoms with E-state index in [1.807, 2.05) is 30.3 Å². The van der Waals surface area contributed by atoms with Crippen LogP contribution in [0.5, 0.6) is 0 Å². The Labute approximate surface area is 129 Å². The SMILES string of the molecule is O=C(O)c1cc(Nc2nccc3ccccc23)ccc1Br. The number of pyridine rings is 1. The highest BCUT2D eigenvalue weighted by Gasteiger charge is 2.10. The Bertz CT molecular complexity index is 828. The van der Waals surface area contributed by atoms with Crippen LogP contribution in [0.25, 0.3) is 10.8 Å². The topological polar surface area (TPSA) is 62.2 Å². The molecule has 1 heterocycles. The number of rotatable bonds is 3. The third-order valence-corrected chi connectivity index (χ3v) is 3.82. The van der Waals surface area contributed by atoms with Gasteiger partial charge in [-0.3, -0.25) is 0 Å². The van der Waals surface area contributed by atoms with Crippen LogP contribution in [0.1, 0.15) is 10.4 Å². The lowest BCUT2D eigenvalue weighted by atomic mass is 10.1. The van der Waals surface area contributed by atoms with E-state index in [1.54, 1.807) is 24.4 Å². The van der Waals surface area contributed by atoms with Gasteiger partial charge in [-0.2, -0.15) is 0 Å². The maximum atomic E-state index is 11.2. The highest BCUT2D eigenvalue weighted by molar-refractivity contribution is 9.10. The maximum absolute atomic E-state index is 11.2. The van der Waals surface area contributed by atoms with Gasteiger partial charge in [0.05, 0.1) is 5.56 Å². The van der Waals surface area contributed by atoms with Crippen molar-refractivity contribution in [2.24, 2.45) is 0 Å². The normalized spacial score (nSPS) is 10.5. The van der Waals surface area contributed by atoms with Gasteiger partial charge in [0.25, 0.3) is 0 Å². The first-order valence-electron chi connectivity index (χ1n) is 6.29. The van der Waals surface area contributed by atoms with Crippen molar-refractivity contribution in [1.82, 2.24) is 4.98 Å². The van der Waals surface area contributed by atoms with Crippen molar-refractivity contribution in [3.63, 3.8) is 0 Å². The van der Waals surface area contributed by atoms with Crippen molar-refractivity contribution in [3.8, 4) is 0 Å². The second-order valence-corrected chi connectivity index (χ2v) is 5.36. The molecule has 3 rings (SSSR count). The molecule has 0 saturated carbocycles. The van der Waals surface area contributed by atoms with Crippen molar-refractivity contribution in [3.05, 3.63) is 64.8 Å². The zero-order valence-corrected chi connectivity index (χ0v) is 12.5. The minimum atomic E-state index is -0.976. The molecule has 4 nitrogen and oxygen atoms in total. The number of nitrogens with one attached hydrogen (secondary N) is 1. The first kappa shape index (κ1) is 13.6. The molecule has 0 atom stereocenters. The average molecular weight is 343 g/mol. The van der Waals surface area contributed by atoms with Crippen LogP contribution >= 0.6 is 15.9 Å². The summed E-state index contributed by atoms with van der Waals surface area (Å²) in [5.74, 6) is -0.275. The van der Waals surface area contributed by atoms with Gasteiger partial charge in [0, 0.05) is 21.7 Å². The summed E-state index contributed by atoms with van der Waals surface area (Å²) in [5, 5.41) is 14.4. The molecule has 0 aliphatic rings. The van der Waals surface area contributed by atoms with Gasteiger partial charge in [-0.05, 0) is 45.6 Å². The predicted molar refractivity (Wildman–Crippen MR) is 86.1 cm³/mol. The van der Waals surface area contributed by atoms with E-state index >= 15 is 0 Å². The molecule has 0 spiro atoms. The average Bonchev–Trinajstić information content (AvgIpc) is 2.49. The van der Waals surface area contributed by atoms with E-state index in [9.17, 15) is 4.79 Å². The molecule has 104 valence electrons. The number of hydrogen-bond acceptors (Lipinski definition) is 3. The van der Waals surface area contributed by atoms with Crippen LogP contribution in [0, 0.1) is 0 Å². The van der Waals surface area contributed by atoms with E-state index in [0.717, 1.165) is 10.8 Å². The lowest BCUT2D eigenvalue weighted by Gasteiger charge is -2.10. The summed E-state index contributed by atoms with van der Waals surface area (Å²) < 4.78 is 0.548. The summed E-state index contributed by atoms with van der Waals surface area (Å²) in [6.07, 6.45) is 1.72. The molecule has 0 aliphatic carbocycles. The smallest absolute Gasteiger partial charge is 0.336 e. The number of nitrogens with zero attached hydrogens (tertiary/aromatic N) is 1. The minimum Gasteiger partial charge on any atom is -0.478 e. The zero-order valence-electron chi connectivity index (χ0n) is 10.9. The molecule has 0 fully saturated rings. The van der Waals surface area contributed by atoms with Crippen molar-refractivity contribution in [2.45, 2.75) is 0 Å². The second-order valence-electron chi connectivity index (χ2n) is 4.51. The number of carboxylic acid groups (broad SMARTS) is 1. The van der Waals surface area contributed by atoms with E-state index < -0.39 is 5.97 Å². The van der Waals surface area contributed by atoms with Gasteiger partial charge < -0.3 is 10.4 Å². The Balaban J connectivity index is 2.03. The molecule has 3 aromatic rings. The van der Waals surface area contributed by atoms with Crippen molar-refractivity contribution < 1.29 is 9.90 Å². The molecule has 2 aromatic carbocycles. The van der Waals surface area contributed by atoms with E-state index in [0.29, 0.717) is 16.0 Å². The number of fused-ring (bicyclic) bond motifs is 1. The summed E-state index contributed by atoms with van der Waals surface area (Å²) in [6.45, 7) is 0. The molecule has 1 aromatic heterocycles. The number of halogens is 1. The van der Waals surface area contributed by atoms with E-state index in [2.05, 4.69) is 26.2 Å². The lowest BCUT2D eigenvalue weighted by Crippen LogP contribution is -2.00. The van der Waals surface area contributed by atoms with Gasteiger partial charge >= 0.3 is 5.97 Å². The lowest BCUT2D eigenvalue weighted by molar-refractivity contribution is 0.0696. The van der Waals surface area contributed by atoms with Gasteiger partial charge in [-0.15, -0.1) is 0 Å². The first-order chi connectivity index (χ1) is 10.1. The summed E-state index contributed by atoms with van der Waals surface area (Å²) in [5.41, 5.74) is 0.889. The molecule has 0 bridgehead atoms. The Hall–Kier alpha value is -2.40. The largest absolute Gasteiger partial charge is 0.478 e. The summed E-state index contributed by atoms with van der Waals surface area (Å²) in [4.78, 5) is 15.5. The van der Waals surface area contributed by atoms with Crippen LogP contribution < -0.4 is 5.32 Å². The Kier molecular flexibility index (Phi) is 3.58. The standard InChI is InChI=1S/C16H11BrN2O2/c17-14-6-5-11(9-13(14)16(20)21)19-15-12-4-2-1-3-10(12)7-8-18-15/h1-9H,(H,18,19)(H,20,21). The van der Waals surface area contributed by atoms with Crippen LogP contribution in [0.3, 0.4) is 0 Å². The van der Waals surface area contributed by atoms with Crippen LogP contribution in [0.15, 0.2) is 59.2 Å². The molecule has 0 amide bonds. The fourth-order valence-corrected chi connectivity index (χ4v) is 2.54. The van der Waals surface area contributed by atoms with E-state index in [1.165, 1.54) is 0 Å². The maximum Gasteiger partial charge on any atom is 0.336 e. The minimum absolute atomic E-state index is 0.209. The number of aromatic nitrogens is 1. The van der Waals surface area contributed by atoms with Gasteiger partial charge in [-0.25, -0.2) is 9.78 Å². The molecule has 0 saturated heterocycles. The molecular formula is C16H11BrN2O2. The van der Waals surface area contributed by atoms with Crippen molar-refractivity contribution in [2.75, 3.05) is 5.32 Å². The fraction of sp³-hybridized carbons (Fsp3) is 0. The van der Waals surface area contributed by atoms with Crippen molar-refractivity contribution in [1.29, 1.82) is 0 Å². The van der Waals surface area contributed by atoms with Crippen molar-refractivity contribution >= 4 is 44.2 Å². The number of carbonyl (C=O) groups is 1. The highest BCUT2D eigenvalue weighted by atomic mass is 79.9. The van der Waals surface area contributed by atoms with Gasteiger partial charge in [0.2, 0.25) is 0 Å². The quantitative estimate of drug-likeness (QED) is 0.738. The molecule has 0 radical (unpaired) electrons. The molecule has 21 heavy (non-hydrogen) atoms. The molecular weight excluding hydrogens is 332 g/mol. The number of hydrogen-bond donors (Lipinski definition) is 2. The van der Waals surface area contributed by atoms with Crippen LogP contribution in [0.2, 0.25) is 0 Å². The summed E-state index contributed by atoms with van der Waals surface area (Å²) >= 11 is 3.23. The number of benzene rings is 2. The number of anilines is 2.